The number of nitrogens with zero attached hydrogens (tertiary/aromatic N) is 1. The molecule has 3 nitrogen and oxygen atoms in total. The van der Waals surface area contributed by atoms with Crippen LogP contribution in [0.25, 0.3) is 0 Å². The average molecular weight is 195 g/mol. The van der Waals surface area contributed by atoms with Crippen LogP contribution in [0.2, 0.25) is 0 Å². The minimum absolute atomic E-state index is 0.202. The highest BCUT2D eigenvalue weighted by molar-refractivity contribution is 5.01. The number of hydrogen-bond acceptors (Lipinski definition) is 3. The number of rotatable bonds is 3. The fourth-order valence-electron chi connectivity index (χ4n) is 2.26. The summed E-state index contributed by atoms with van der Waals surface area (Å²) >= 11 is 0. The van der Waals surface area contributed by atoms with Gasteiger partial charge in [-0.1, -0.05) is 0 Å². The van der Waals surface area contributed by atoms with Crippen LogP contribution in [0, 0.1) is 16.7 Å². The number of nitriles is 1. The van der Waals surface area contributed by atoms with Crippen LogP contribution in [-0.2, 0) is 9.47 Å². The quantitative estimate of drug-likeness (QED) is 0.690. The van der Waals surface area contributed by atoms with E-state index in [0.29, 0.717) is 12.7 Å². The molecule has 0 radical (unpaired) electrons. The van der Waals surface area contributed by atoms with Crippen LogP contribution in [0.3, 0.4) is 0 Å². The molecular formula is C11H17NO2. The van der Waals surface area contributed by atoms with Gasteiger partial charge in [0.1, 0.15) is 0 Å². The molecule has 2 fully saturated rings. The molecule has 0 amide bonds. The van der Waals surface area contributed by atoms with E-state index in [4.69, 9.17) is 14.7 Å². The van der Waals surface area contributed by atoms with Crippen molar-refractivity contribution in [1.29, 1.82) is 5.26 Å². The summed E-state index contributed by atoms with van der Waals surface area (Å²) in [7, 11) is 0. The summed E-state index contributed by atoms with van der Waals surface area (Å²) in [6.45, 7) is 2.27. The normalized spacial score (nSPS) is 37.2. The highest BCUT2D eigenvalue weighted by atomic mass is 16.5. The molecular weight excluding hydrogens is 178 g/mol. The Bertz CT molecular complexity index is 222. The van der Waals surface area contributed by atoms with E-state index in [2.05, 4.69) is 6.07 Å². The van der Waals surface area contributed by atoms with Crippen molar-refractivity contribution < 1.29 is 9.47 Å². The van der Waals surface area contributed by atoms with E-state index < -0.39 is 0 Å². The van der Waals surface area contributed by atoms with Crippen LogP contribution in [0.4, 0.5) is 0 Å². The fraction of sp³-hybridized carbons (Fsp3) is 0.909. The van der Waals surface area contributed by atoms with Crippen LogP contribution in [-0.4, -0.2) is 25.9 Å². The lowest BCUT2D eigenvalue weighted by atomic mass is 9.83. The monoisotopic (exact) mass is 195 g/mol. The Kier molecular flexibility index (Phi) is 3.05. The first-order chi connectivity index (χ1) is 6.85. The molecule has 2 rings (SSSR count). The SMILES string of the molecule is N#CC1(CCC2CCCO2)CCOC1. The topological polar surface area (TPSA) is 42.2 Å². The molecule has 2 saturated heterocycles. The summed E-state index contributed by atoms with van der Waals surface area (Å²) in [6, 6.07) is 2.42. The lowest BCUT2D eigenvalue weighted by Gasteiger charge is -2.19. The van der Waals surface area contributed by atoms with Gasteiger partial charge in [0.2, 0.25) is 0 Å². The standard InChI is InChI=1S/C11H17NO2/c12-8-11(5-7-13-9-11)4-3-10-2-1-6-14-10/h10H,1-7,9H2. The van der Waals surface area contributed by atoms with Crippen LogP contribution < -0.4 is 0 Å². The second-order valence-electron chi connectivity index (χ2n) is 4.37. The zero-order chi connectivity index (χ0) is 9.86. The van der Waals surface area contributed by atoms with E-state index in [0.717, 1.165) is 32.5 Å². The van der Waals surface area contributed by atoms with E-state index in [9.17, 15) is 0 Å². The summed E-state index contributed by atoms with van der Waals surface area (Å²) in [5.74, 6) is 0. The lowest BCUT2D eigenvalue weighted by molar-refractivity contribution is 0.0904. The molecule has 0 bridgehead atoms. The molecule has 0 spiro atoms. The Hall–Kier alpha value is -0.590. The molecule has 0 aromatic rings. The van der Waals surface area contributed by atoms with Crippen molar-refractivity contribution in [3.05, 3.63) is 0 Å². The third kappa shape index (κ3) is 2.08. The smallest absolute Gasteiger partial charge is 0.0829 e. The van der Waals surface area contributed by atoms with E-state index in [1.54, 1.807) is 0 Å². The molecule has 0 N–H and O–H groups in total. The molecule has 0 aliphatic carbocycles. The Morgan fingerprint density at radius 1 is 1.43 bits per heavy atom. The van der Waals surface area contributed by atoms with Crippen molar-refractivity contribution in [2.45, 2.75) is 38.2 Å². The Morgan fingerprint density at radius 3 is 2.93 bits per heavy atom. The van der Waals surface area contributed by atoms with Gasteiger partial charge in [-0.15, -0.1) is 0 Å². The van der Waals surface area contributed by atoms with Gasteiger partial charge in [-0.05, 0) is 32.1 Å². The number of ether oxygens (including phenoxy) is 2. The van der Waals surface area contributed by atoms with Crippen LogP contribution in [0.5, 0.6) is 0 Å². The molecule has 0 aromatic carbocycles. The molecule has 0 saturated carbocycles. The van der Waals surface area contributed by atoms with Crippen molar-refractivity contribution in [2.75, 3.05) is 19.8 Å². The highest BCUT2D eigenvalue weighted by Gasteiger charge is 2.35. The van der Waals surface area contributed by atoms with Gasteiger partial charge in [0, 0.05) is 13.2 Å². The lowest BCUT2D eigenvalue weighted by Crippen LogP contribution is -2.21. The summed E-state index contributed by atoms with van der Waals surface area (Å²) in [4.78, 5) is 0. The second-order valence-corrected chi connectivity index (χ2v) is 4.37. The molecule has 2 unspecified atom stereocenters. The summed E-state index contributed by atoms with van der Waals surface area (Å²) in [5, 5.41) is 9.12. The third-order valence-electron chi connectivity index (χ3n) is 3.31. The van der Waals surface area contributed by atoms with E-state index >= 15 is 0 Å². The molecule has 2 atom stereocenters. The minimum Gasteiger partial charge on any atom is -0.380 e. The molecule has 2 aliphatic heterocycles. The molecule has 3 heteroatoms. The van der Waals surface area contributed by atoms with Crippen molar-refractivity contribution in [2.24, 2.45) is 5.41 Å². The molecule has 2 heterocycles. The van der Waals surface area contributed by atoms with Gasteiger partial charge in [-0.3, -0.25) is 0 Å². The van der Waals surface area contributed by atoms with Gasteiger partial charge >= 0.3 is 0 Å². The van der Waals surface area contributed by atoms with Gasteiger partial charge in [-0.25, -0.2) is 0 Å². The first-order valence-electron chi connectivity index (χ1n) is 5.45. The molecule has 78 valence electrons. The van der Waals surface area contributed by atoms with Gasteiger partial charge in [0.05, 0.1) is 24.2 Å². The molecule has 0 aromatic heterocycles. The second kappa shape index (κ2) is 4.29. The zero-order valence-corrected chi connectivity index (χ0v) is 8.50. The largest absolute Gasteiger partial charge is 0.380 e. The van der Waals surface area contributed by atoms with E-state index in [1.165, 1.54) is 12.8 Å². The van der Waals surface area contributed by atoms with Crippen molar-refractivity contribution >= 4 is 0 Å². The molecule has 14 heavy (non-hydrogen) atoms. The van der Waals surface area contributed by atoms with Gasteiger partial charge in [0.25, 0.3) is 0 Å². The van der Waals surface area contributed by atoms with E-state index in [1.807, 2.05) is 0 Å². The van der Waals surface area contributed by atoms with E-state index in [-0.39, 0.29) is 5.41 Å². The van der Waals surface area contributed by atoms with Gasteiger partial charge in [-0.2, -0.15) is 5.26 Å². The predicted octanol–water partition coefficient (Wildman–Crippen LogP) is 1.88. The maximum absolute atomic E-state index is 9.12. The maximum atomic E-state index is 9.12. The van der Waals surface area contributed by atoms with Crippen molar-refractivity contribution in [3.8, 4) is 6.07 Å². The Morgan fingerprint density at radius 2 is 2.36 bits per heavy atom. The van der Waals surface area contributed by atoms with Gasteiger partial charge in [0.15, 0.2) is 0 Å². The highest BCUT2D eigenvalue weighted by Crippen LogP contribution is 2.34. The molecule has 2 aliphatic rings. The Labute approximate surface area is 85.0 Å². The predicted molar refractivity (Wildman–Crippen MR) is 51.7 cm³/mol. The summed E-state index contributed by atoms with van der Waals surface area (Å²) in [5.41, 5.74) is -0.202. The van der Waals surface area contributed by atoms with Crippen molar-refractivity contribution in [3.63, 3.8) is 0 Å². The fourth-order valence-corrected chi connectivity index (χ4v) is 2.26. The first-order valence-corrected chi connectivity index (χ1v) is 5.45. The zero-order valence-electron chi connectivity index (χ0n) is 8.50. The summed E-state index contributed by atoms with van der Waals surface area (Å²) < 4.78 is 10.9. The first kappa shape index (κ1) is 9.95. The van der Waals surface area contributed by atoms with Crippen LogP contribution in [0.1, 0.15) is 32.1 Å². The van der Waals surface area contributed by atoms with Crippen molar-refractivity contribution in [1.82, 2.24) is 0 Å². The average Bonchev–Trinajstić information content (AvgIpc) is 2.87. The number of hydrogen-bond donors (Lipinski definition) is 0. The Balaban J connectivity index is 1.80. The van der Waals surface area contributed by atoms with Crippen LogP contribution >= 0.6 is 0 Å². The maximum Gasteiger partial charge on any atom is 0.0829 e. The van der Waals surface area contributed by atoms with Crippen LogP contribution in [0.15, 0.2) is 0 Å². The minimum atomic E-state index is -0.202. The third-order valence-corrected chi connectivity index (χ3v) is 3.31. The van der Waals surface area contributed by atoms with Gasteiger partial charge < -0.3 is 9.47 Å². The summed E-state index contributed by atoms with van der Waals surface area (Å²) in [6.07, 6.45) is 5.62.